The van der Waals surface area contributed by atoms with Gasteiger partial charge in [0.15, 0.2) is 11.6 Å². The second-order valence-corrected chi connectivity index (χ2v) is 8.61. The fourth-order valence-corrected chi connectivity index (χ4v) is 4.43. The van der Waals surface area contributed by atoms with E-state index in [2.05, 4.69) is 34.7 Å². The maximum atomic E-state index is 13.7. The molecule has 0 spiro atoms. The Bertz CT molecular complexity index is 1470. The number of aromatic nitrogens is 2. The number of carbonyl (C=O) groups excluding carboxylic acids is 1. The normalized spacial score (nSPS) is 11.0. The van der Waals surface area contributed by atoms with Crippen LogP contribution in [0.25, 0.3) is 10.8 Å². The summed E-state index contributed by atoms with van der Waals surface area (Å²) in [5.74, 6) is -1.75. The van der Waals surface area contributed by atoms with Crippen LogP contribution < -0.4 is 10.1 Å². The van der Waals surface area contributed by atoms with Gasteiger partial charge in [0, 0.05) is 17.8 Å². The number of fused-ring (bicyclic) bond motifs is 1. The van der Waals surface area contributed by atoms with Crippen LogP contribution in [0.4, 0.5) is 14.5 Å². The predicted octanol–water partition coefficient (Wildman–Crippen LogP) is 6.26. The van der Waals surface area contributed by atoms with Gasteiger partial charge in [-0.05, 0) is 39.9 Å². The van der Waals surface area contributed by atoms with Crippen LogP contribution in [0.15, 0.2) is 84.5 Å². The SMILES string of the molecule is O=C(Nc1cnn(Cc2cccc3ccccc23)c1)c1cc(COc2ccc(F)cc2F)cs1. The van der Waals surface area contributed by atoms with Gasteiger partial charge in [0.25, 0.3) is 5.91 Å². The molecule has 0 saturated heterocycles. The van der Waals surface area contributed by atoms with E-state index in [1.54, 1.807) is 28.5 Å². The van der Waals surface area contributed by atoms with Crippen molar-refractivity contribution in [3.05, 3.63) is 112 Å². The summed E-state index contributed by atoms with van der Waals surface area (Å²) in [4.78, 5) is 13.1. The van der Waals surface area contributed by atoms with Gasteiger partial charge in [-0.15, -0.1) is 11.3 Å². The van der Waals surface area contributed by atoms with Gasteiger partial charge < -0.3 is 10.1 Å². The number of ether oxygens (including phenoxy) is 1. The summed E-state index contributed by atoms with van der Waals surface area (Å²) in [6.45, 7) is 0.646. The molecule has 0 radical (unpaired) electrons. The molecule has 2 heterocycles. The van der Waals surface area contributed by atoms with Gasteiger partial charge >= 0.3 is 0 Å². The first-order valence-corrected chi connectivity index (χ1v) is 11.4. The third-order valence-corrected chi connectivity index (χ3v) is 6.25. The lowest BCUT2D eigenvalue weighted by Gasteiger charge is -2.06. The number of hydrogen-bond donors (Lipinski definition) is 1. The number of anilines is 1. The zero-order chi connectivity index (χ0) is 23.5. The average molecular weight is 476 g/mol. The Morgan fingerprint density at radius 1 is 1.06 bits per heavy atom. The van der Waals surface area contributed by atoms with Gasteiger partial charge in [0.05, 0.1) is 23.3 Å². The van der Waals surface area contributed by atoms with Gasteiger partial charge in [-0.2, -0.15) is 5.10 Å². The van der Waals surface area contributed by atoms with Crippen LogP contribution >= 0.6 is 11.3 Å². The molecule has 5 nitrogen and oxygen atoms in total. The van der Waals surface area contributed by atoms with E-state index in [4.69, 9.17) is 4.74 Å². The molecule has 0 aliphatic rings. The summed E-state index contributed by atoms with van der Waals surface area (Å²) in [5.41, 5.74) is 2.44. The second kappa shape index (κ2) is 9.44. The minimum absolute atomic E-state index is 0.0442. The van der Waals surface area contributed by atoms with Crippen LogP contribution in [-0.2, 0) is 13.2 Å². The molecule has 170 valence electrons. The summed E-state index contributed by atoms with van der Waals surface area (Å²) < 4.78 is 33.9. The van der Waals surface area contributed by atoms with Crippen molar-refractivity contribution < 1.29 is 18.3 Å². The molecule has 3 aromatic carbocycles. The van der Waals surface area contributed by atoms with E-state index in [1.807, 2.05) is 18.2 Å². The van der Waals surface area contributed by atoms with Crippen LogP contribution in [-0.4, -0.2) is 15.7 Å². The van der Waals surface area contributed by atoms with Crippen molar-refractivity contribution in [1.29, 1.82) is 0 Å². The number of rotatable bonds is 7. The van der Waals surface area contributed by atoms with Gasteiger partial charge in [0.1, 0.15) is 12.4 Å². The lowest BCUT2D eigenvalue weighted by Crippen LogP contribution is -2.09. The van der Waals surface area contributed by atoms with E-state index in [0.29, 0.717) is 22.7 Å². The Kier molecular flexibility index (Phi) is 6.05. The van der Waals surface area contributed by atoms with E-state index in [1.165, 1.54) is 28.2 Å². The fourth-order valence-electron chi connectivity index (χ4n) is 3.64. The molecule has 5 rings (SSSR count). The number of benzene rings is 3. The van der Waals surface area contributed by atoms with Gasteiger partial charge in [-0.25, -0.2) is 8.78 Å². The molecule has 0 bridgehead atoms. The molecule has 0 aliphatic carbocycles. The number of amides is 1. The van der Waals surface area contributed by atoms with Crippen molar-refractivity contribution >= 4 is 33.7 Å². The highest BCUT2D eigenvalue weighted by molar-refractivity contribution is 7.12. The van der Waals surface area contributed by atoms with Crippen molar-refractivity contribution in [2.45, 2.75) is 13.2 Å². The van der Waals surface area contributed by atoms with Gasteiger partial charge in [-0.3, -0.25) is 9.48 Å². The van der Waals surface area contributed by atoms with Gasteiger partial charge in [-0.1, -0.05) is 42.5 Å². The molecule has 1 amide bonds. The third-order valence-electron chi connectivity index (χ3n) is 5.27. The predicted molar refractivity (Wildman–Crippen MR) is 128 cm³/mol. The van der Waals surface area contributed by atoms with Gasteiger partial charge in [0.2, 0.25) is 0 Å². The van der Waals surface area contributed by atoms with E-state index in [0.717, 1.165) is 17.7 Å². The summed E-state index contributed by atoms with van der Waals surface area (Å²) in [6.07, 6.45) is 3.40. The number of carbonyl (C=O) groups is 1. The lowest BCUT2D eigenvalue weighted by atomic mass is 10.0. The quantitative estimate of drug-likeness (QED) is 0.302. The molecule has 8 heteroatoms. The molecule has 34 heavy (non-hydrogen) atoms. The number of hydrogen-bond acceptors (Lipinski definition) is 4. The van der Waals surface area contributed by atoms with E-state index in [9.17, 15) is 13.6 Å². The Morgan fingerprint density at radius 3 is 2.79 bits per heavy atom. The smallest absolute Gasteiger partial charge is 0.265 e. The summed E-state index contributed by atoms with van der Waals surface area (Å²) in [5, 5.41) is 11.3. The number of nitrogens with zero attached hydrogens (tertiary/aromatic N) is 2. The molecule has 0 unspecified atom stereocenters. The zero-order valence-corrected chi connectivity index (χ0v) is 18.7. The summed E-state index contributed by atoms with van der Waals surface area (Å²) in [7, 11) is 0. The Labute approximate surface area is 198 Å². The largest absolute Gasteiger partial charge is 0.486 e. The monoisotopic (exact) mass is 475 g/mol. The highest BCUT2D eigenvalue weighted by Gasteiger charge is 2.12. The van der Waals surface area contributed by atoms with Crippen molar-refractivity contribution in [3.63, 3.8) is 0 Å². The molecule has 1 N–H and O–H groups in total. The zero-order valence-electron chi connectivity index (χ0n) is 17.9. The lowest BCUT2D eigenvalue weighted by molar-refractivity contribution is 0.103. The molecule has 0 aliphatic heterocycles. The maximum absolute atomic E-state index is 13.7. The van der Waals surface area contributed by atoms with Crippen LogP contribution in [0, 0.1) is 11.6 Å². The van der Waals surface area contributed by atoms with Crippen LogP contribution in [0.2, 0.25) is 0 Å². The molecule has 2 aromatic heterocycles. The minimum atomic E-state index is -0.770. The Hall–Kier alpha value is -4.04. The van der Waals surface area contributed by atoms with E-state index >= 15 is 0 Å². The van der Waals surface area contributed by atoms with Crippen molar-refractivity contribution in [3.8, 4) is 5.75 Å². The first kappa shape index (κ1) is 21.8. The number of nitrogens with one attached hydrogen (secondary N) is 1. The standard InChI is InChI=1S/C26H19F2N3O2S/c27-20-8-9-24(23(28)11-20)33-15-17-10-25(34-16-17)26(32)30-21-12-29-31(14-21)13-19-6-3-5-18-4-1-2-7-22(18)19/h1-12,14,16H,13,15H2,(H,30,32). The fraction of sp³-hybridized carbons (Fsp3) is 0.0769. The number of halogens is 2. The van der Waals surface area contributed by atoms with Crippen molar-refractivity contribution in [2.24, 2.45) is 0 Å². The molecule has 5 aromatic rings. The molecular weight excluding hydrogens is 456 g/mol. The second-order valence-electron chi connectivity index (χ2n) is 7.70. The van der Waals surface area contributed by atoms with Crippen LogP contribution in [0.3, 0.4) is 0 Å². The molecular formula is C26H19F2N3O2S. The molecule has 0 saturated carbocycles. The third kappa shape index (κ3) is 4.82. The van der Waals surface area contributed by atoms with E-state index < -0.39 is 11.6 Å². The molecule has 0 atom stereocenters. The summed E-state index contributed by atoms with van der Waals surface area (Å²) >= 11 is 1.26. The Balaban J connectivity index is 1.21. The molecule has 0 fully saturated rings. The first-order valence-electron chi connectivity index (χ1n) is 10.5. The first-order chi connectivity index (χ1) is 16.5. The Morgan fingerprint density at radius 2 is 1.91 bits per heavy atom. The topological polar surface area (TPSA) is 56.2 Å². The van der Waals surface area contributed by atoms with Crippen LogP contribution in [0.1, 0.15) is 20.8 Å². The highest BCUT2D eigenvalue weighted by atomic mass is 32.1. The van der Waals surface area contributed by atoms with Crippen LogP contribution in [0.5, 0.6) is 5.75 Å². The minimum Gasteiger partial charge on any atom is -0.486 e. The highest BCUT2D eigenvalue weighted by Crippen LogP contribution is 2.23. The van der Waals surface area contributed by atoms with E-state index in [-0.39, 0.29) is 18.3 Å². The summed E-state index contributed by atoms with van der Waals surface area (Å²) in [6, 6.07) is 19.2. The maximum Gasteiger partial charge on any atom is 0.265 e. The number of thiophene rings is 1. The van der Waals surface area contributed by atoms with Crippen molar-refractivity contribution in [1.82, 2.24) is 9.78 Å². The van der Waals surface area contributed by atoms with Crippen molar-refractivity contribution in [2.75, 3.05) is 5.32 Å². The average Bonchev–Trinajstić information content (AvgIpc) is 3.48.